The lowest BCUT2D eigenvalue weighted by Crippen LogP contribution is -2.56. The van der Waals surface area contributed by atoms with E-state index < -0.39 is 30.1 Å². The third-order valence-corrected chi connectivity index (χ3v) is 8.74. The highest BCUT2D eigenvalue weighted by Crippen LogP contribution is 2.26. The number of halogens is 1. The summed E-state index contributed by atoms with van der Waals surface area (Å²) in [7, 11) is 0. The Bertz CT molecular complexity index is 1240. The van der Waals surface area contributed by atoms with Crippen molar-refractivity contribution in [2.75, 3.05) is 25.0 Å². The molecule has 4 rings (SSSR count). The van der Waals surface area contributed by atoms with Crippen LogP contribution in [0.15, 0.2) is 42.5 Å². The van der Waals surface area contributed by atoms with E-state index in [1.54, 1.807) is 23.1 Å². The number of carbonyl (C=O) groups excluding carboxylic acids is 3. The van der Waals surface area contributed by atoms with Crippen molar-refractivity contribution in [1.82, 2.24) is 15.1 Å². The molecule has 222 valence electrons. The Morgan fingerprint density at radius 2 is 1.90 bits per heavy atom. The number of anilines is 1. The van der Waals surface area contributed by atoms with Crippen molar-refractivity contribution in [3.8, 4) is 0 Å². The average molecular weight is 584 g/mol. The molecule has 2 aromatic rings. The number of likely N-dealkylation sites (tertiary alicyclic amines) is 1. The number of aryl methyl sites for hydroxylation is 1. The Hall–Kier alpha value is -2.98. The molecule has 2 aliphatic rings. The molecule has 2 aliphatic heterocycles. The zero-order valence-electron chi connectivity index (χ0n) is 23.9. The van der Waals surface area contributed by atoms with E-state index in [0.717, 1.165) is 42.6 Å². The molecule has 2 heterocycles. The number of rotatable bonds is 11. The summed E-state index contributed by atoms with van der Waals surface area (Å²) in [5.74, 6) is -0.408. The van der Waals surface area contributed by atoms with E-state index in [1.807, 2.05) is 36.1 Å². The largest absolute Gasteiger partial charge is 0.378 e. The smallest absolute Gasteiger partial charge is 0.246 e. The lowest BCUT2D eigenvalue weighted by molar-refractivity contribution is -0.143. The molecule has 9 nitrogen and oxygen atoms in total. The number of nitrogens with two attached hydrogens (primary N) is 1. The standard InChI is InChI=1S/C31H42ClN5O4/c1-3-21-13-15-36(18-21)28(38)10-11-29(39)37-19-23-7-5-4-6-22(23)17-27(37)31(41)35-26(12-14-33)30(40)34-24-8-9-25(32)20(2)16-24/h4-9,16,21,26-28,38H,3,10-15,17-19,33H2,1-2H3,(H,34,40)(H,35,41)/t21-,26+,27+,28?/m1/s1. The number of aliphatic hydroxyl groups is 1. The van der Waals surface area contributed by atoms with E-state index >= 15 is 0 Å². The Labute approximate surface area is 247 Å². The molecule has 41 heavy (non-hydrogen) atoms. The Morgan fingerprint density at radius 1 is 1.15 bits per heavy atom. The Balaban J connectivity index is 1.45. The molecule has 1 saturated heterocycles. The fourth-order valence-electron chi connectivity index (χ4n) is 5.72. The maximum absolute atomic E-state index is 13.7. The SMILES string of the molecule is CC[C@@H]1CCN(C(O)CCC(=O)N2Cc3ccccc3C[C@H]2C(=O)N[C@@H](CCN)C(=O)Nc2ccc(Cl)c(C)c2)C1. The van der Waals surface area contributed by atoms with Gasteiger partial charge in [0.05, 0.1) is 0 Å². The first-order valence-electron chi connectivity index (χ1n) is 14.6. The molecule has 0 spiro atoms. The van der Waals surface area contributed by atoms with Gasteiger partial charge in [-0.25, -0.2) is 0 Å². The van der Waals surface area contributed by atoms with Crippen LogP contribution in [0, 0.1) is 12.8 Å². The Kier molecular flexibility index (Phi) is 10.8. The lowest BCUT2D eigenvalue weighted by atomic mass is 9.92. The van der Waals surface area contributed by atoms with Gasteiger partial charge in [0.15, 0.2) is 0 Å². The fourth-order valence-corrected chi connectivity index (χ4v) is 5.84. The second-order valence-electron chi connectivity index (χ2n) is 11.2. The third kappa shape index (κ3) is 7.86. The maximum atomic E-state index is 13.7. The van der Waals surface area contributed by atoms with Crippen LogP contribution in [0.1, 0.15) is 55.7 Å². The van der Waals surface area contributed by atoms with E-state index in [4.69, 9.17) is 17.3 Å². The first-order chi connectivity index (χ1) is 19.7. The van der Waals surface area contributed by atoms with Crippen LogP contribution in [-0.4, -0.2) is 70.6 Å². The summed E-state index contributed by atoms with van der Waals surface area (Å²) in [4.78, 5) is 44.0. The van der Waals surface area contributed by atoms with Gasteiger partial charge < -0.3 is 26.4 Å². The molecule has 0 saturated carbocycles. The predicted molar refractivity (Wildman–Crippen MR) is 160 cm³/mol. The first kappa shape index (κ1) is 31.0. The van der Waals surface area contributed by atoms with Crippen molar-refractivity contribution < 1.29 is 19.5 Å². The zero-order chi connectivity index (χ0) is 29.5. The second kappa shape index (κ2) is 14.3. The van der Waals surface area contributed by atoms with Crippen LogP contribution in [0.5, 0.6) is 0 Å². The molecule has 5 N–H and O–H groups in total. The molecular weight excluding hydrogens is 542 g/mol. The number of hydrogen-bond donors (Lipinski definition) is 4. The molecule has 0 bridgehead atoms. The molecule has 4 atom stereocenters. The summed E-state index contributed by atoms with van der Waals surface area (Å²) >= 11 is 6.11. The highest BCUT2D eigenvalue weighted by atomic mass is 35.5. The fraction of sp³-hybridized carbons (Fsp3) is 0.516. The number of benzene rings is 2. The highest BCUT2D eigenvalue weighted by molar-refractivity contribution is 6.31. The minimum absolute atomic E-state index is 0.128. The van der Waals surface area contributed by atoms with Crippen molar-refractivity contribution >= 4 is 35.0 Å². The van der Waals surface area contributed by atoms with Crippen LogP contribution >= 0.6 is 11.6 Å². The zero-order valence-corrected chi connectivity index (χ0v) is 24.7. The van der Waals surface area contributed by atoms with E-state index in [1.165, 1.54) is 0 Å². The summed E-state index contributed by atoms with van der Waals surface area (Å²) in [5, 5.41) is 17.0. The molecule has 0 aromatic heterocycles. The molecule has 0 aliphatic carbocycles. The van der Waals surface area contributed by atoms with Gasteiger partial charge in [0, 0.05) is 43.2 Å². The number of carbonyl (C=O) groups is 3. The molecule has 0 radical (unpaired) electrons. The van der Waals surface area contributed by atoms with E-state index in [2.05, 4.69) is 17.6 Å². The topological polar surface area (TPSA) is 128 Å². The van der Waals surface area contributed by atoms with Gasteiger partial charge in [-0.15, -0.1) is 0 Å². The normalized spacial score (nSPS) is 20.3. The number of nitrogens with zero attached hydrogens (tertiary/aromatic N) is 2. The summed E-state index contributed by atoms with van der Waals surface area (Å²) in [5.41, 5.74) is 9.17. The highest BCUT2D eigenvalue weighted by Gasteiger charge is 2.36. The summed E-state index contributed by atoms with van der Waals surface area (Å²) in [6.07, 6.45) is 2.46. The summed E-state index contributed by atoms with van der Waals surface area (Å²) in [6.45, 7) is 6.16. The second-order valence-corrected chi connectivity index (χ2v) is 11.6. The van der Waals surface area contributed by atoms with Gasteiger partial charge in [0.1, 0.15) is 18.3 Å². The minimum Gasteiger partial charge on any atom is -0.378 e. The van der Waals surface area contributed by atoms with Gasteiger partial charge in [-0.05, 0) is 73.5 Å². The van der Waals surface area contributed by atoms with Crippen molar-refractivity contribution in [2.24, 2.45) is 11.7 Å². The van der Waals surface area contributed by atoms with Gasteiger partial charge in [-0.1, -0.05) is 49.2 Å². The van der Waals surface area contributed by atoms with E-state index in [-0.39, 0.29) is 25.3 Å². The van der Waals surface area contributed by atoms with Crippen LogP contribution in [-0.2, 0) is 27.3 Å². The van der Waals surface area contributed by atoms with Crippen LogP contribution in [0.25, 0.3) is 0 Å². The van der Waals surface area contributed by atoms with Crippen LogP contribution < -0.4 is 16.4 Å². The third-order valence-electron chi connectivity index (χ3n) is 8.32. The minimum atomic E-state index is -0.874. The lowest BCUT2D eigenvalue weighted by Gasteiger charge is -2.37. The quantitative estimate of drug-likeness (QED) is 0.322. The molecule has 1 unspecified atom stereocenters. The number of hydrogen-bond acceptors (Lipinski definition) is 6. The van der Waals surface area contributed by atoms with Gasteiger partial charge in [0.2, 0.25) is 17.7 Å². The number of amides is 3. The maximum Gasteiger partial charge on any atom is 0.246 e. The molecular formula is C31H42ClN5O4. The van der Waals surface area contributed by atoms with Crippen molar-refractivity contribution in [3.63, 3.8) is 0 Å². The van der Waals surface area contributed by atoms with Gasteiger partial charge in [-0.3, -0.25) is 19.3 Å². The van der Waals surface area contributed by atoms with Crippen molar-refractivity contribution in [1.29, 1.82) is 0 Å². The van der Waals surface area contributed by atoms with Crippen LogP contribution in [0.2, 0.25) is 5.02 Å². The van der Waals surface area contributed by atoms with Crippen molar-refractivity contribution in [3.05, 3.63) is 64.2 Å². The van der Waals surface area contributed by atoms with E-state index in [0.29, 0.717) is 36.0 Å². The summed E-state index contributed by atoms with van der Waals surface area (Å²) in [6, 6.07) is 11.3. The van der Waals surface area contributed by atoms with Gasteiger partial charge in [-0.2, -0.15) is 0 Å². The van der Waals surface area contributed by atoms with Crippen LogP contribution in [0.4, 0.5) is 5.69 Å². The van der Waals surface area contributed by atoms with Gasteiger partial charge in [0.25, 0.3) is 0 Å². The van der Waals surface area contributed by atoms with Crippen LogP contribution in [0.3, 0.4) is 0 Å². The number of nitrogens with one attached hydrogen (secondary N) is 2. The first-order valence-corrected chi connectivity index (χ1v) is 14.9. The van der Waals surface area contributed by atoms with Crippen molar-refractivity contribution in [2.45, 2.75) is 77.2 Å². The molecule has 3 amide bonds. The number of fused-ring (bicyclic) bond motifs is 1. The Morgan fingerprint density at radius 3 is 2.59 bits per heavy atom. The molecule has 2 aromatic carbocycles. The average Bonchev–Trinajstić information content (AvgIpc) is 3.46. The number of aliphatic hydroxyl groups excluding tert-OH is 1. The predicted octanol–water partition coefficient (Wildman–Crippen LogP) is 3.20. The summed E-state index contributed by atoms with van der Waals surface area (Å²) < 4.78 is 0. The van der Waals surface area contributed by atoms with Gasteiger partial charge >= 0.3 is 0 Å². The molecule has 10 heteroatoms. The monoisotopic (exact) mass is 583 g/mol. The molecule has 1 fully saturated rings. The van der Waals surface area contributed by atoms with E-state index in [9.17, 15) is 19.5 Å².